The van der Waals surface area contributed by atoms with Crippen molar-refractivity contribution < 1.29 is 14.3 Å². The quantitative estimate of drug-likeness (QED) is 0.784. The van der Waals surface area contributed by atoms with E-state index in [1.54, 1.807) is 25.3 Å². The van der Waals surface area contributed by atoms with Crippen LogP contribution in [0.5, 0.6) is 11.5 Å². The first-order valence-corrected chi connectivity index (χ1v) is 7.94. The molecule has 0 saturated carbocycles. The zero-order valence-electron chi connectivity index (χ0n) is 12.3. The normalized spacial score (nSPS) is 10.3. The van der Waals surface area contributed by atoms with E-state index in [0.29, 0.717) is 28.1 Å². The zero-order chi connectivity index (χ0) is 15.9. The molecule has 0 aliphatic rings. The van der Waals surface area contributed by atoms with Crippen molar-refractivity contribution in [3.63, 3.8) is 0 Å². The molecule has 6 nitrogen and oxygen atoms in total. The first-order valence-electron chi connectivity index (χ1n) is 6.59. The van der Waals surface area contributed by atoms with E-state index in [1.807, 2.05) is 0 Å². The molecule has 2 aromatic rings. The number of rotatable bonds is 7. The summed E-state index contributed by atoms with van der Waals surface area (Å²) in [5.74, 6) is 1.36. The Bertz CT molecular complexity index is 648. The number of aromatic nitrogens is 2. The molecule has 1 heterocycles. The molecule has 0 radical (unpaired) electrons. The van der Waals surface area contributed by atoms with Gasteiger partial charge in [0.2, 0.25) is 5.13 Å². The summed E-state index contributed by atoms with van der Waals surface area (Å²) in [6.45, 7) is 0. The van der Waals surface area contributed by atoms with Gasteiger partial charge in [-0.05, 0) is 24.6 Å². The van der Waals surface area contributed by atoms with Gasteiger partial charge in [0.25, 0.3) is 5.91 Å². The second-order valence-electron chi connectivity index (χ2n) is 4.32. The van der Waals surface area contributed by atoms with E-state index in [9.17, 15) is 4.79 Å². The summed E-state index contributed by atoms with van der Waals surface area (Å²) in [7, 11) is 3.06. The van der Waals surface area contributed by atoms with Crippen molar-refractivity contribution in [3.8, 4) is 11.5 Å². The summed E-state index contributed by atoms with van der Waals surface area (Å²) in [6.07, 6.45) is 1.59. The maximum atomic E-state index is 12.2. The van der Waals surface area contributed by atoms with Crippen molar-refractivity contribution in [2.75, 3.05) is 25.4 Å². The minimum absolute atomic E-state index is 0.277. The highest BCUT2D eigenvalue weighted by atomic mass is 35.5. The van der Waals surface area contributed by atoms with Gasteiger partial charge < -0.3 is 9.47 Å². The molecule has 0 saturated heterocycles. The van der Waals surface area contributed by atoms with Crippen molar-refractivity contribution >= 4 is 34.0 Å². The number of hydrogen-bond donors (Lipinski definition) is 1. The highest BCUT2D eigenvalue weighted by molar-refractivity contribution is 7.15. The fourth-order valence-electron chi connectivity index (χ4n) is 1.77. The standard InChI is InChI=1S/C14H16ClN3O3S/c1-20-10-6-5-9(8-11(10)21-2)13(19)16-14-18-17-12(22-14)4-3-7-15/h5-6,8H,3-4,7H2,1-2H3,(H,16,18,19). The van der Waals surface area contributed by atoms with Crippen molar-refractivity contribution in [1.82, 2.24) is 10.2 Å². The number of alkyl halides is 1. The molecule has 0 spiro atoms. The van der Waals surface area contributed by atoms with Gasteiger partial charge in [-0.25, -0.2) is 0 Å². The zero-order valence-corrected chi connectivity index (χ0v) is 13.8. The maximum Gasteiger partial charge on any atom is 0.257 e. The molecule has 8 heteroatoms. The third-order valence-electron chi connectivity index (χ3n) is 2.86. The third kappa shape index (κ3) is 4.08. The Kier molecular flexibility index (Phi) is 5.97. The molecule has 1 aromatic heterocycles. The minimum atomic E-state index is -0.277. The topological polar surface area (TPSA) is 73.3 Å². The lowest BCUT2D eigenvalue weighted by atomic mass is 10.2. The summed E-state index contributed by atoms with van der Waals surface area (Å²) in [4.78, 5) is 12.2. The van der Waals surface area contributed by atoms with Crippen LogP contribution in [0.25, 0.3) is 0 Å². The van der Waals surface area contributed by atoms with Gasteiger partial charge in [-0.2, -0.15) is 0 Å². The highest BCUT2D eigenvalue weighted by Crippen LogP contribution is 2.28. The molecule has 1 N–H and O–H groups in total. The van der Waals surface area contributed by atoms with E-state index in [-0.39, 0.29) is 5.91 Å². The Morgan fingerprint density at radius 3 is 2.73 bits per heavy atom. The van der Waals surface area contributed by atoms with Crippen molar-refractivity contribution in [1.29, 1.82) is 0 Å². The molecule has 1 aromatic carbocycles. The van der Waals surface area contributed by atoms with Crippen LogP contribution in [0, 0.1) is 0 Å². The number of carbonyl (C=O) groups excluding carboxylic acids is 1. The smallest absolute Gasteiger partial charge is 0.257 e. The van der Waals surface area contributed by atoms with Crippen LogP contribution in [0.3, 0.4) is 0 Å². The SMILES string of the molecule is COc1ccc(C(=O)Nc2nnc(CCCCl)s2)cc1OC. The van der Waals surface area contributed by atoms with E-state index in [4.69, 9.17) is 21.1 Å². The van der Waals surface area contributed by atoms with Gasteiger partial charge >= 0.3 is 0 Å². The second-order valence-corrected chi connectivity index (χ2v) is 5.76. The van der Waals surface area contributed by atoms with E-state index in [1.165, 1.54) is 18.4 Å². The number of aryl methyl sites for hydroxylation is 1. The van der Waals surface area contributed by atoms with Crippen molar-refractivity contribution in [3.05, 3.63) is 28.8 Å². The van der Waals surface area contributed by atoms with Gasteiger partial charge in [0.15, 0.2) is 11.5 Å². The number of hydrogen-bond acceptors (Lipinski definition) is 6. The van der Waals surface area contributed by atoms with Crippen molar-refractivity contribution in [2.45, 2.75) is 12.8 Å². The third-order valence-corrected chi connectivity index (χ3v) is 4.02. The lowest BCUT2D eigenvalue weighted by Crippen LogP contribution is -2.11. The predicted octanol–water partition coefficient (Wildman–Crippen LogP) is 2.98. The number of methoxy groups -OCH3 is 2. The molecule has 0 aliphatic heterocycles. The van der Waals surface area contributed by atoms with E-state index >= 15 is 0 Å². The molecule has 0 bridgehead atoms. The number of halogens is 1. The first kappa shape index (κ1) is 16.5. The summed E-state index contributed by atoms with van der Waals surface area (Å²) in [5, 5.41) is 12.0. The molecular formula is C14H16ClN3O3S. The van der Waals surface area contributed by atoms with Crippen LogP contribution in [0.2, 0.25) is 0 Å². The minimum Gasteiger partial charge on any atom is -0.493 e. The molecule has 0 fully saturated rings. The number of ether oxygens (including phenoxy) is 2. The number of nitrogens with one attached hydrogen (secondary N) is 1. The molecule has 118 valence electrons. The second kappa shape index (κ2) is 7.95. The van der Waals surface area contributed by atoms with Gasteiger partial charge in [-0.15, -0.1) is 21.8 Å². The Morgan fingerprint density at radius 1 is 1.27 bits per heavy atom. The van der Waals surface area contributed by atoms with E-state index < -0.39 is 0 Å². The van der Waals surface area contributed by atoms with Gasteiger partial charge in [-0.1, -0.05) is 11.3 Å². The highest BCUT2D eigenvalue weighted by Gasteiger charge is 2.13. The largest absolute Gasteiger partial charge is 0.493 e. The summed E-state index contributed by atoms with van der Waals surface area (Å²) in [5.41, 5.74) is 0.454. The molecule has 1 amide bonds. The fraction of sp³-hybridized carbons (Fsp3) is 0.357. The Balaban J connectivity index is 2.07. The van der Waals surface area contributed by atoms with E-state index in [2.05, 4.69) is 15.5 Å². The average Bonchev–Trinajstić information content (AvgIpc) is 2.99. The van der Waals surface area contributed by atoms with Gasteiger partial charge in [0.05, 0.1) is 14.2 Å². The van der Waals surface area contributed by atoms with Crippen molar-refractivity contribution in [2.24, 2.45) is 0 Å². The summed E-state index contributed by atoms with van der Waals surface area (Å²) < 4.78 is 10.3. The lowest BCUT2D eigenvalue weighted by molar-refractivity contribution is 0.102. The van der Waals surface area contributed by atoms with Crippen LogP contribution >= 0.6 is 22.9 Å². The monoisotopic (exact) mass is 341 g/mol. The fourth-order valence-corrected chi connectivity index (χ4v) is 2.68. The van der Waals surface area contributed by atoms with Gasteiger partial charge in [0.1, 0.15) is 5.01 Å². The molecule has 0 atom stereocenters. The molecular weight excluding hydrogens is 326 g/mol. The first-order chi connectivity index (χ1) is 10.7. The number of carbonyl (C=O) groups is 1. The molecule has 2 rings (SSSR count). The number of amides is 1. The predicted molar refractivity (Wildman–Crippen MR) is 86.4 cm³/mol. The summed E-state index contributed by atoms with van der Waals surface area (Å²) >= 11 is 6.99. The van der Waals surface area contributed by atoms with E-state index in [0.717, 1.165) is 17.8 Å². The maximum absolute atomic E-state index is 12.2. The van der Waals surface area contributed by atoms with Crippen LogP contribution in [-0.4, -0.2) is 36.2 Å². The Hall–Kier alpha value is -1.86. The number of nitrogens with zero attached hydrogens (tertiary/aromatic N) is 2. The van der Waals surface area contributed by atoms with Crippen LogP contribution < -0.4 is 14.8 Å². The molecule has 0 aliphatic carbocycles. The Morgan fingerprint density at radius 2 is 2.05 bits per heavy atom. The summed E-state index contributed by atoms with van der Waals surface area (Å²) in [6, 6.07) is 4.95. The van der Waals surface area contributed by atoms with Gasteiger partial charge in [-0.3, -0.25) is 10.1 Å². The molecule has 22 heavy (non-hydrogen) atoms. The number of benzene rings is 1. The Labute approximate surface area is 137 Å². The van der Waals surface area contributed by atoms with Gasteiger partial charge in [0, 0.05) is 17.9 Å². The lowest BCUT2D eigenvalue weighted by Gasteiger charge is -2.08. The average molecular weight is 342 g/mol. The van der Waals surface area contributed by atoms with Crippen LogP contribution in [-0.2, 0) is 6.42 Å². The van der Waals surface area contributed by atoms with Crippen LogP contribution in [0.15, 0.2) is 18.2 Å². The van der Waals surface area contributed by atoms with Crippen LogP contribution in [0.4, 0.5) is 5.13 Å². The molecule has 0 unspecified atom stereocenters. The van der Waals surface area contributed by atoms with Crippen LogP contribution in [0.1, 0.15) is 21.8 Å². The number of anilines is 1.